The molecule has 0 amide bonds. The summed E-state index contributed by atoms with van der Waals surface area (Å²) < 4.78 is 20.4. The Morgan fingerprint density at radius 1 is 1.42 bits per heavy atom. The number of nitrogens with zero attached hydrogens (tertiary/aromatic N) is 1. The first-order valence-electron chi connectivity index (χ1n) is 4.42. The van der Waals surface area contributed by atoms with E-state index in [-0.39, 0.29) is 0 Å². The maximum Gasteiger partial charge on any atom is 0.358 e. The highest BCUT2D eigenvalue weighted by molar-refractivity contribution is 7.73. The highest BCUT2D eigenvalue weighted by atomic mass is 32.2. The molecule has 1 aliphatic heterocycles. The smallest absolute Gasteiger partial charge is 0.261 e. The third-order valence-corrected chi connectivity index (χ3v) is 4.17. The minimum atomic E-state index is -1.72. The molecule has 1 heterocycles. The van der Waals surface area contributed by atoms with Crippen molar-refractivity contribution in [2.24, 2.45) is 11.8 Å². The van der Waals surface area contributed by atoms with Crippen molar-refractivity contribution in [1.82, 2.24) is 0 Å². The molecular weight excluding hydrogens is 174 g/mol. The monoisotopic (exact) mass is 192 g/mol. The van der Waals surface area contributed by atoms with Gasteiger partial charge in [0, 0.05) is 12.3 Å². The van der Waals surface area contributed by atoms with E-state index in [4.69, 9.17) is 4.55 Å². The zero-order valence-corrected chi connectivity index (χ0v) is 8.80. The summed E-state index contributed by atoms with van der Waals surface area (Å²) in [7, 11) is 1.86. The molecule has 4 atom stereocenters. The van der Waals surface area contributed by atoms with Crippen LogP contribution >= 0.6 is 0 Å². The van der Waals surface area contributed by atoms with Crippen molar-refractivity contribution in [2.75, 3.05) is 20.1 Å². The molecule has 1 aliphatic rings. The molecular formula is C8H18NO2S+. The first-order chi connectivity index (χ1) is 5.46. The zero-order valence-electron chi connectivity index (χ0n) is 7.99. The van der Waals surface area contributed by atoms with Crippen molar-refractivity contribution in [3.63, 3.8) is 0 Å². The van der Waals surface area contributed by atoms with Gasteiger partial charge in [-0.3, -0.25) is 4.55 Å². The van der Waals surface area contributed by atoms with E-state index in [9.17, 15) is 4.21 Å². The lowest BCUT2D eigenvalue weighted by Gasteiger charge is -2.38. The van der Waals surface area contributed by atoms with Crippen LogP contribution in [0.1, 0.15) is 20.3 Å². The summed E-state index contributed by atoms with van der Waals surface area (Å²) in [6.07, 6.45) is 1.06. The van der Waals surface area contributed by atoms with Gasteiger partial charge in [-0.05, 0) is 5.92 Å². The van der Waals surface area contributed by atoms with Gasteiger partial charge in [-0.15, -0.1) is 0 Å². The van der Waals surface area contributed by atoms with E-state index in [1.165, 1.54) is 0 Å². The molecule has 1 saturated heterocycles. The van der Waals surface area contributed by atoms with Gasteiger partial charge in [-0.1, -0.05) is 13.8 Å². The van der Waals surface area contributed by atoms with Crippen LogP contribution in [0.2, 0.25) is 0 Å². The van der Waals surface area contributed by atoms with Crippen molar-refractivity contribution in [1.29, 1.82) is 0 Å². The van der Waals surface area contributed by atoms with Crippen molar-refractivity contribution in [3.8, 4) is 0 Å². The Hall–Kier alpha value is 0.0700. The summed E-state index contributed by atoms with van der Waals surface area (Å²) in [6, 6.07) is 0. The highest BCUT2D eigenvalue weighted by Crippen LogP contribution is 2.27. The molecule has 1 fully saturated rings. The molecule has 0 saturated carbocycles. The normalized spacial score (nSPS) is 45.7. The molecule has 0 radical (unpaired) electrons. The van der Waals surface area contributed by atoms with Crippen molar-refractivity contribution in [2.45, 2.75) is 20.3 Å². The number of hydrogen-bond acceptors (Lipinski definition) is 1. The van der Waals surface area contributed by atoms with Gasteiger partial charge in [-0.2, -0.15) is 4.21 Å². The van der Waals surface area contributed by atoms with Gasteiger partial charge in [-0.25, -0.2) is 3.89 Å². The molecule has 1 N–H and O–H groups in total. The molecule has 0 aromatic heterocycles. The summed E-state index contributed by atoms with van der Waals surface area (Å²) in [5, 5.41) is 0. The highest BCUT2D eigenvalue weighted by Gasteiger charge is 2.37. The van der Waals surface area contributed by atoms with Crippen LogP contribution in [-0.2, 0) is 11.3 Å². The maximum absolute atomic E-state index is 11.0. The van der Waals surface area contributed by atoms with E-state index in [1.54, 1.807) is 0 Å². The molecule has 0 aromatic rings. The molecule has 0 aliphatic carbocycles. The average molecular weight is 192 g/mol. The Balaban J connectivity index is 2.66. The van der Waals surface area contributed by atoms with E-state index in [1.807, 2.05) is 7.05 Å². The van der Waals surface area contributed by atoms with Crippen molar-refractivity contribution >= 4 is 11.3 Å². The number of piperidine rings is 1. The Morgan fingerprint density at radius 3 is 2.42 bits per heavy atom. The first-order valence-corrected chi connectivity index (χ1v) is 5.48. The number of rotatable bonds is 1. The van der Waals surface area contributed by atoms with Crippen LogP contribution in [0, 0.1) is 11.8 Å². The van der Waals surface area contributed by atoms with Gasteiger partial charge in [0.1, 0.15) is 0 Å². The molecule has 0 aromatic carbocycles. The predicted molar refractivity (Wildman–Crippen MR) is 49.6 cm³/mol. The summed E-state index contributed by atoms with van der Waals surface area (Å²) in [4.78, 5) is 0. The van der Waals surface area contributed by atoms with Crippen LogP contribution < -0.4 is 0 Å². The fourth-order valence-electron chi connectivity index (χ4n) is 1.78. The molecule has 2 unspecified atom stereocenters. The van der Waals surface area contributed by atoms with Crippen molar-refractivity contribution in [3.05, 3.63) is 0 Å². The van der Waals surface area contributed by atoms with Gasteiger partial charge in [0.15, 0.2) is 0 Å². The molecule has 72 valence electrons. The molecule has 4 heteroatoms. The Labute approximate surface area is 76.8 Å². The minimum Gasteiger partial charge on any atom is -0.261 e. The molecule has 3 nitrogen and oxygen atoms in total. The predicted octanol–water partition coefficient (Wildman–Crippen LogP) is 1.25. The maximum atomic E-state index is 11.0. The van der Waals surface area contributed by atoms with Crippen LogP contribution in [0.4, 0.5) is 0 Å². The lowest BCUT2D eigenvalue weighted by molar-refractivity contribution is -0.796. The van der Waals surface area contributed by atoms with Gasteiger partial charge in [0.25, 0.3) is 0 Å². The fraction of sp³-hybridized carbons (Fsp3) is 1.00. The lowest BCUT2D eigenvalue weighted by Crippen LogP contribution is -2.53. The Kier molecular flexibility index (Phi) is 2.91. The van der Waals surface area contributed by atoms with E-state index in [2.05, 4.69) is 13.8 Å². The summed E-state index contributed by atoms with van der Waals surface area (Å²) in [5.74, 6) is 1.25. The minimum absolute atomic E-state index is 0.311. The number of hydrogen-bond donors (Lipinski definition) is 1. The van der Waals surface area contributed by atoms with E-state index < -0.39 is 11.3 Å². The van der Waals surface area contributed by atoms with Crippen LogP contribution in [0.3, 0.4) is 0 Å². The Morgan fingerprint density at radius 2 is 2.00 bits per heavy atom. The van der Waals surface area contributed by atoms with E-state index >= 15 is 0 Å². The van der Waals surface area contributed by atoms with Gasteiger partial charge >= 0.3 is 11.3 Å². The largest absolute Gasteiger partial charge is 0.358 e. The van der Waals surface area contributed by atoms with Crippen LogP contribution in [0.15, 0.2) is 0 Å². The lowest BCUT2D eigenvalue weighted by atomic mass is 9.89. The molecule has 12 heavy (non-hydrogen) atoms. The summed E-state index contributed by atoms with van der Waals surface area (Å²) in [5.41, 5.74) is 0. The molecule has 0 spiro atoms. The second-order valence-electron chi connectivity index (χ2n) is 4.18. The molecule has 0 bridgehead atoms. The topological polar surface area (TPSA) is 37.3 Å². The third kappa shape index (κ3) is 1.87. The Bertz CT molecular complexity index is 197. The fourth-order valence-corrected chi connectivity index (χ4v) is 2.41. The average Bonchev–Trinajstić information content (AvgIpc) is 1.97. The van der Waals surface area contributed by atoms with Gasteiger partial charge in [0.05, 0.1) is 20.1 Å². The molecule has 1 rings (SSSR count). The van der Waals surface area contributed by atoms with Crippen LogP contribution in [-0.4, -0.2) is 32.8 Å². The van der Waals surface area contributed by atoms with Crippen molar-refractivity contribution < 1.29 is 12.6 Å². The zero-order chi connectivity index (χ0) is 9.35. The summed E-state index contributed by atoms with van der Waals surface area (Å²) in [6.45, 7) is 6.03. The van der Waals surface area contributed by atoms with Crippen LogP contribution in [0.25, 0.3) is 0 Å². The van der Waals surface area contributed by atoms with Gasteiger partial charge in [0.2, 0.25) is 0 Å². The number of likely N-dealkylation sites (tertiary alicyclic amines) is 1. The van der Waals surface area contributed by atoms with E-state index in [0.29, 0.717) is 15.7 Å². The summed E-state index contributed by atoms with van der Waals surface area (Å²) >= 11 is -1.72. The van der Waals surface area contributed by atoms with Crippen LogP contribution in [0.5, 0.6) is 0 Å². The van der Waals surface area contributed by atoms with E-state index in [0.717, 1.165) is 19.5 Å². The van der Waals surface area contributed by atoms with Gasteiger partial charge < -0.3 is 0 Å². The SMILES string of the molecule is CC1C[N@+](C)(S(=O)O)CC[C@H]1C. The quantitative estimate of drug-likeness (QED) is 0.501. The first kappa shape index (κ1) is 10.2. The second kappa shape index (κ2) is 3.44. The second-order valence-corrected chi connectivity index (χ2v) is 5.52. The standard InChI is InChI=1S/C8H17NO2S/c1-7-4-5-9(3,12(10)11)6-8(7)2/h7-8H,4-6H2,1-3H3/p+1/t7-,8?,9-/m1/s1. The third-order valence-electron chi connectivity index (χ3n) is 3.08. The number of quaternary nitrogens is 1.